The molecule has 0 saturated heterocycles. The number of amides is 1. The third-order valence-electron chi connectivity index (χ3n) is 5.09. The molecule has 1 aliphatic rings. The number of pyridine rings is 1. The van der Waals surface area contributed by atoms with Crippen molar-refractivity contribution in [1.29, 1.82) is 0 Å². The molecule has 0 unspecified atom stereocenters. The lowest BCUT2D eigenvalue weighted by molar-refractivity contribution is -0.138. The Kier molecular flexibility index (Phi) is 6.28. The quantitative estimate of drug-likeness (QED) is 0.723. The zero-order valence-electron chi connectivity index (χ0n) is 16.1. The maximum absolute atomic E-state index is 13.0. The van der Waals surface area contributed by atoms with Gasteiger partial charge >= 0.3 is 12.1 Å². The van der Waals surface area contributed by atoms with Crippen LogP contribution in [0.3, 0.4) is 0 Å². The van der Waals surface area contributed by atoms with Gasteiger partial charge in [-0.1, -0.05) is 18.6 Å². The van der Waals surface area contributed by atoms with E-state index in [2.05, 4.69) is 4.98 Å². The molecular weight excluding hydrogens is 401 g/mol. The molecule has 1 aromatic carbocycles. The van der Waals surface area contributed by atoms with E-state index in [-0.39, 0.29) is 12.1 Å². The number of H-pyrrole nitrogens is 1. The Hall–Kier alpha value is -3.10. The Bertz CT molecular complexity index is 997. The number of benzene rings is 1. The highest BCUT2D eigenvalue weighted by Gasteiger charge is 2.30. The third kappa shape index (κ3) is 5.08. The van der Waals surface area contributed by atoms with Gasteiger partial charge in [0.05, 0.1) is 5.56 Å². The Balaban J connectivity index is 1.88. The minimum atomic E-state index is -4.50. The molecule has 0 spiro atoms. The van der Waals surface area contributed by atoms with Gasteiger partial charge in [-0.05, 0) is 55.0 Å². The third-order valence-corrected chi connectivity index (χ3v) is 5.09. The molecular formula is C21H21F3N2O4. The maximum Gasteiger partial charge on any atom is 0.416 e. The maximum atomic E-state index is 13.0. The van der Waals surface area contributed by atoms with Crippen molar-refractivity contribution < 1.29 is 27.9 Å². The number of aromatic nitrogens is 1. The summed E-state index contributed by atoms with van der Waals surface area (Å²) < 4.78 is 38.2. The number of rotatable bonds is 5. The summed E-state index contributed by atoms with van der Waals surface area (Å²) in [5.74, 6) is -2.06. The van der Waals surface area contributed by atoms with Gasteiger partial charge in [-0.25, -0.2) is 0 Å². The minimum absolute atomic E-state index is 0.163. The summed E-state index contributed by atoms with van der Waals surface area (Å²) in [6.07, 6.45) is -0.191. The van der Waals surface area contributed by atoms with Crippen molar-refractivity contribution in [3.63, 3.8) is 0 Å². The van der Waals surface area contributed by atoms with Gasteiger partial charge in [0, 0.05) is 12.2 Å². The number of fused-ring (bicyclic) bond motifs is 1. The van der Waals surface area contributed by atoms with Crippen LogP contribution in [-0.4, -0.2) is 33.4 Å². The summed E-state index contributed by atoms with van der Waals surface area (Å²) in [7, 11) is 0. The van der Waals surface area contributed by atoms with E-state index < -0.39 is 35.7 Å². The highest BCUT2D eigenvalue weighted by Crippen LogP contribution is 2.29. The Morgan fingerprint density at radius 2 is 1.73 bits per heavy atom. The monoisotopic (exact) mass is 422 g/mol. The summed E-state index contributed by atoms with van der Waals surface area (Å²) in [4.78, 5) is 40.4. The lowest BCUT2D eigenvalue weighted by atomic mass is 10.0. The molecule has 1 amide bonds. The predicted molar refractivity (Wildman–Crippen MR) is 102 cm³/mol. The molecule has 1 aliphatic carbocycles. The van der Waals surface area contributed by atoms with Gasteiger partial charge in [0.1, 0.15) is 12.1 Å². The summed E-state index contributed by atoms with van der Waals surface area (Å²) in [5.41, 5.74) is 0.377. The van der Waals surface area contributed by atoms with Crippen molar-refractivity contribution >= 4 is 11.9 Å². The molecule has 6 nitrogen and oxygen atoms in total. The summed E-state index contributed by atoms with van der Waals surface area (Å²) in [5, 5.41) is 9.18. The number of carboxylic acids is 1. The molecule has 1 heterocycles. The number of halogens is 3. The first kappa shape index (κ1) is 21.6. The number of alkyl halides is 3. The Morgan fingerprint density at radius 3 is 2.37 bits per heavy atom. The number of nitrogens with zero attached hydrogens (tertiary/aromatic N) is 1. The highest BCUT2D eigenvalue weighted by molar-refractivity contribution is 5.95. The second-order valence-electron chi connectivity index (χ2n) is 7.33. The van der Waals surface area contributed by atoms with Gasteiger partial charge in [-0.3, -0.25) is 14.4 Å². The van der Waals surface area contributed by atoms with Crippen LogP contribution in [0.4, 0.5) is 13.2 Å². The van der Waals surface area contributed by atoms with Gasteiger partial charge in [0.25, 0.3) is 11.5 Å². The molecule has 30 heavy (non-hydrogen) atoms. The fraction of sp³-hybridized carbons (Fsp3) is 0.381. The minimum Gasteiger partial charge on any atom is -0.480 e. The average molecular weight is 422 g/mol. The van der Waals surface area contributed by atoms with Crippen LogP contribution in [0.1, 0.15) is 52.0 Å². The summed E-state index contributed by atoms with van der Waals surface area (Å²) in [6.45, 7) is -0.920. The molecule has 0 fully saturated rings. The molecule has 0 atom stereocenters. The number of aromatic amines is 1. The molecule has 3 rings (SSSR count). The van der Waals surface area contributed by atoms with E-state index >= 15 is 0 Å². The molecule has 1 aromatic heterocycles. The van der Waals surface area contributed by atoms with Crippen LogP contribution in [0.15, 0.2) is 35.1 Å². The number of hydrogen-bond donors (Lipinski definition) is 2. The smallest absolute Gasteiger partial charge is 0.416 e. The molecule has 0 radical (unpaired) electrons. The standard InChI is InChI=1S/C21H21F3N2O4/c22-21(23,24)15-8-6-13(7-9-15)11-26(12-18(27)28)20(30)16-10-14-4-2-1-3-5-17(14)25-19(16)29/h6-10H,1-5,11-12H2,(H,25,29)(H,27,28). The topological polar surface area (TPSA) is 90.5 Å². The summed E-state index contributed by atoms with van der Waals surface area (Å²) >= 11 is 0. The summed E-state index contributed by atoms with van der Waals surface area (Å²) in [6, 6.07) is 5.63. The van der Waals surface area contributed by atoms with Crippen LogP contribution in [0.5, 0.6) is 0 Å². The van der Waals surface area contributed by atoms with Crippen LogP contribution in [0.25, 0.3) is 0 Å². The van der Waals surface area contributed by atoms with E-state index in [1.54, 1.807) is 0 Å². The van der Waals surface area contributed by atoms with Crippen LogP contribution in [0.2, 0.25) is 0 Å². The Morgan fingerprint density at radius 1 is 1.07 bits per heavy atom. The van der Waals surface area contributed by atoms with E-state index in [9.17, 15) is 32.7 Å². The van der Waals surface area contributed by atoms with Crippen LogP contribution < -0.4 is 5.56 Å². The molecule has 9 heteroatoms. The van der Waals surface area contributed by atoms with Crippen molar-refractivity contribution in [2.45, 2.75) is 44.8 Å². The highest BCUT2D eigenvalue weighted by atomic mass is 19.4. The average Bonchev–Trinajstić information content (AvgIpc) is 2.90. The Labute approximate surface area is 170 Å². The van der Waals surface area contributed by atoms with Crippen LogP contribution in [0, 0.1) is 0 Å². The number of nitrogens with one attached hydrogen (secondary N) is 1. The molecule has 0 bridgehead atoms. The predicted octanol–water partition coefficient (Wildman–Crippen LogP) is 3.39. The first-order chi connectivity index (χ1) is 14.1. The molecule has 2 aromatic rings. The molecule has 0 saturated carbocycles. The number of carboxylic acid groups (broad SMARTS) is 1. The van der Waals surface area contributed by atoms with E-state index in [4.69, 9.17) is 0 Å². The van der Waals surface area contributed by atoms with Gasteiger partial charge < -0.3 is 15.0 Å². The van der Waals surface area contributed by atoms with Crippen LogP contribution in [-0.2, 0) is 30.4 Å². The normalized spacial score (nSPS) is 14.0. The number of aryl methyl sites for hydroxylation is 2. The molecule has 0 aliphatic heterocycles. The second kappa shape index (κ2) is 8.73. The van der Waals surface area contributed by atoms with Crippen molar-refractivity contribution in [2.75, 3.05) is 6.54 Å². The SMILES string of the molecule is O=C(O)CN(Cc1ccc(C(F)(F)F)cc1)C(=O)c1cc2c([nH]c1=O)CCCCC2. The zero-order chi connectivity index (χ0) is 21.9. The lowest BCUT2D eigenvalue weighted by Crippen LogP contribution is -2.38. The van der Waals surface area contributed by atoms with Crippen molar-refractivity contribution in [2.24, 2.45) is 0 Å². The van der Waals surface area contributed by atoms with Gasteiger partial charge in [-0.15, -0.1) is 0 Å². The number of aliphatic carboxylic acids is 1. The first-order valence-electron chi connectivity index (χ1n) is 9.57. The van der Waals surface area contributed by atoms with E-state index in [1.165, 1.54) is 18.2 Å². The van der Waals surface area contributed by atoms with Gasteiger partial charge in [-0.2, -0.15) is 13.2 Å². The second-order valence-corrected chi connectivity index (χ2v) is 7.33. The fourth-order valence-electron chi connectivity index (χ4n) is 3.56. The first-order valence-corrected chi connectivity index (χ1v) is 9.57. The van der Waals surface area contributed by atoms with E-state index in [1.807, 2.05) is 0 Å². The molecule has 2 N–H and O–H groups in total. The zero-order valence-corrected chi connectivity index (χ0v) is 16.1. The van der Waals surface area contributed by atoms with Crippen molar-refractivity contribution in [3.8, 4) is 0 Å². The van der Waals surface area contributed by atoms with Crippen molar-refractivity contribution in [3.05, 3.63) is 68.6 Å². The lowest BCUT2D eigenvalue weighted by Gasteiger charge is -2.21. The number of carbonyl (C=O) groups excluding carboxylic acids is 1. The largest absolute Gasteiger partial charge is 0.480 e. The fourth-order valence-corrected chi connectivity index (χ4v) is 3.56. The van der Waals surface area contributed by atoms with Gasteiger partial charge in [0.15, 0.2) is 0 Å². The van der Waals surface area contributed by atoms with E-state index in [0.29, 0.717) is 18.4 Å². The van der Waals surface area contributed by atoms with E-state index in [0.717, 1.165) is 47.6 Å². The number of carbonyl (C=O) groups is 2. The van der Waals surface area contributed by atoms with Crippen molar-refractivity contribution in [1.82, 2.24) is 9.88 Å². The molecule has 160 valence electrons. The van der Waals surface area contributed by atoms with Crippen LogP contribution >= 0.6 is 0 Å². The number of hydrogen-bond acceptors (Lipinski definition) is 3. The van der Waals surface area contributed by atoms with Gasteiger partial charge in [0.2, 0.25) is 0 Å².